The fourth-order valence-electron chi connectivity index (χ4n) is 4.13. The molecule has 0 aromatic carbocycles. The largest absolute Gasteiger partial charge is 0.354 e. The SMILES string of the molecule is CS(=O)(=O)N1CCN(C(=O)C2CC[NH2+]CC2)[C@@H](C(=O)N[C@H]2CCCNC2=O)C1. The van der Waals surface area contributed by atoms with E-state index in [1.807, 2.05) is 0 Å². The van der Waals surface area contributed by atoms with E-state index in [4.69, 9.17) is 0 Å². The Hall–Kier alpha value is -1.72. The van der Waals surface area contributed by atoms with Gasteiger partial charge < -0.3 is 20.9 Å². The molecule has 0 radical (unpaired) electrons. The number of quaternary nitrogens is 1. The number of carbonyl (C=O) groups is 3. The Kier molecular flexibility index (Phi) is 6.56. The van der Waals surface area contributed by atoms with Crippen LogP contribution in [0, 0.1) is 5.92 Å². The molecule has 0 aromatic heterocycles. The summed E-state index contributed by atoms with van der Waals surface area (Å²) in [5.74, 6) is -0.931. The molecule has 3 heterocycles. The summed E-state index contributed by atoms with van der Waals surface area (Å²) in [4.78, 5) is 39.5. The van der Waals surface area contributed by atoms with E-state index in [9.17, 15) is 22.8 Å². The molecule has 28 heavy (non-hydrogen) atoms. The zero-order valence-corrected chi connectivity index (χ0v) is 17.0. The van der Waals surface area contributed by atoms with Gasteiger partial charge in [-0.2, -0.15) is 4.31 Å². The molecule has 0 aromatic rings. The summed E-state index contributed by atoms with van der Waals surface area (Å²) in [7, 11) is -3.48. The lowest BCUT2D eigenvalue weighted by molar-refractivity contribution is -0.664. The van der Waals surface area contributed by atoms with Gasteiger partial charge in [0, 0.05) is 44.9 Å². The third-order valence-corrected chi connectivity index (χ3v) is 7.06. The number of carbonyl (C=O) groups excluding carboxylic acids is 3. The highest BCUT2D eigenvalue weighted by Crippen LogP contribution is 2.20. The highest BCUT2D eigenvalue weighted by Gasteiger charge is 2.41. The van der Waals surface area contributed by atoms with Crippen LogP contribution in [-0.4, -0.2) is 93.0 Å². The average molecular weight is 417 g/mol. The average Bonchev–Trinajstić information content (AvgIpc) is 2.68. The number of nitrogens with two attached hydrogens (primary N) is 1. The van der Waals surface area contributed by atoms with Crippen LogP contribution in [0.2, 0.25) is 0 Å². The van der Waals surface area contributed by atoms with E-state index in [1.165, 1.54) is 9.21 Å². The number of piperidine rings is 2. The van der Waals surface area contributed by atoms with Gasteiger partial charge in [-0.1, -0.05) is 0 Å². The van der Waals surface area contributed by atoms with Crippen LogP contribution in [-0.2, 0) is 24.4 Å². The molecule has 0 aliphatic carbocycles. The molecule has 3 amide bonds. The number of rotatable bonds is 4. The van der Waals surface area contributed by atoms with Crippen LogP contribution in [0.15, 0.2) is 0 Å². The minimum Gasteiger partial charge on any atom is -0.354 e. The van der Waals surface area contributed by atoms with E-state index in [0.717, 1.165) is 38.6 Å². The van der Waals surface area contributed by atoms with E-state index >= 15 is 0 Å². The van der Waals surface area contributed by atoms with Gasteiger partial charge in [0.1, 0.15) is 12.1 Å². The number of hydrogen-bond donors (Lipinski definition) is 3. The number of nitrogens with zero attached hydrogens (tertiary/aromatic N) is 2. The summed E-state index contributed by atoms with van der Waals surface area (Å²) in [5, 5.41) is 7.60. The van der Waals surface area contributed by atoms with Crippen molar-refractivity contribution < 1.29 is 28.1 Å². The first kappa shape index (κ1) is 21.0. The van der Waals surface area contributed by atoms with Gasteiger partial charge in [0.25, 0.3) is 0 Å². The molecule has 2 atom stereocenters. The number of piperazine rings is 1. The first-order valence-electron chi connectivity index (χ1n) is 9.92. The molecule has 3 fully saturated rings. The third-order valence-electron chi connectivity index (χ3n) is 5.79. The van der Waals surface area contributed by atoms with E-state index < -0.39 is 28.0 Å². The molecule has 158 valence electrons. The molecule has 0 spiro atoms. The minimum atomic E-state index is -3.48. The van der Waals surface area contributed by atoms with Crippen LogP contribution < -0.4 is 16.0 Å². The van der Waals surface area contributed by atoms with Crippen molar-refractivity contribution in [1.29, 1.82) is 0 Å². The molecule has 0 bridgehead atoms. The standard InChI is InChI=1S/C17H29N5O5S/c1-28(26,27)21-9-10-22(17(25)12-4-7-18-8-5-12)14(11-21)16(24)20-13-3-2-6-19-15(13)23/h12-14,18H,2-11H2,1H3,(H,19,23)(H,20,24)/p+1/t13-,14+/m0/s1. The Morgan fingerprint density at radius 3 is 2.54 bits per heavy atom. The van der Waals surface area contributed by atoms with Crippen LogP contribution >= 0.6 is 0 Å². The van der Waals surface area contributed by atoms with Crippen molar-refractivity contribution in [3.8, 4) is 0 Å². The summed E-state index contributed by atoms with van der Waals surface area (Å²) in [5.41, 5.74) is 0. The Labute approximate surface area is 165 Å². The first-order chi connectivity index (χ1) is 13.3. The van der Waals surface area contributed by atoms with Gasteiger partial charge in [0.2, 0.25) is 27.7 Å². The maximum atomic E-state index is 13.1. The van der Waals surface area contributed by atoms with Gasteiger partial charge in [0.15, 0.2) is 0 Å². The van der Waals surface area contributed by atoms with Crippen molar-refractivity contribution in [2.75, 3.05) is 45.5 Å². The second kappa shape index (κ2) is 8.75. The van der Waals surface area contributed by atoms with Gasteiger partial charge in [-0.15, -0.1) is 0 Å². The molecule has 11 heteroatoms. The van der Waals surface area contributed by atoms with Gasteiger partial charge in [-0.05, 0) is 12.8 Å². The highest BCUT2D eigenvalue weighted by atomic mass is 32.2. The smallest absolute Gasteiger partial charge is 0.244 e. The third kappa shape index (κ3) is 4.81. The van der Waals surface area contributed by atoms with Gasteiger partial charge in [-0.3, -0.25) is 14.4 Å². The molecule has 4 N–H and O–H groups in total. The van der Waals surface area contributed by atoms with Crippen molar-refractivity contribution in [2.45, 2.75) is 37.8 Å². The number of nitrogens with one attached hydrogen (secondary N) is 2. The van der Waals surface area contributed by atoms with E-state index in [0.29, 0.717) is 13.0 Å². The van der Waals surface area contributed by atoms with Crippen molar-refractivity contribution in [3.63, 3.8) is 0 Å². The van der Waals surface area contributed by atoms with Crippen molar-refractivity contribution in [3.05, 3.63) is 0 Å². The van der Waals surface area contributed by atoms with Crippen LogP contribution in [0.25, 0.3) is 0 Å². The molecule has 0 saturated carbocycles. The second-order valence-electron chi connectivity index (χ2n) is 7.80. The Morgan fingerprint density at radius 2 is 1.89 bits per heavy atom. The Morgan fingerprint density at radius 1 is 1.18 bits per heavy atom. The summed E-state index contributed by atoms with van der Waals surface area (Å²) < 4.78 is 25.2. The van der Waals surface area contributed by atoms with E-state index in [2.05, 4.69) is 16.0 Å². The Balaban J connectivity index is 1.76. The normalized spacial score (nSPS) is 27.9. The molecular weight excluding hydrogens is 386 g/mol. The maximum absolute atomic E-state index is 13.1. The summed E-state index contributed by atoms with van der Waals surface area (Å²) in [6, 6.07) is -1.56. The molecular formula is C17H30N5O5S+. The molecule has 10 nitrogen and oxygen atoms in total. The number of sulfonamides is 1. The van der Waals surface area contributed by atoms with Crippen LogP contribution in [0.3, 0.4) is 0 Å². The van der Waals surface area contributed by atoms with Crippen LogP contribution in [0.4, 0.5) is 0 Å². The van der Waals surface area contributed by atoms with Gasteiger partial charge in [0.05, 0.1) is 19.3 Å². The molecule has 3 saturated heterocycles. The fraction of sp³-hybridized carbons (Fsp3) is 0.824. The number of amides is 3. The van der Waals surface area contributed by atoms with Crippen LogP contribution in [0.5, 0.6) is 0 Å². The Bertz CT molecular complexity index is 721. The summed E-state index contributed by atoms with van der Waals surface area (Å²) >= 11 is 0. The molecule has 3 rings (SSSR count). The molecule has 0 unspecified atom stereocenters. The van der Waals surface area contributed by atoms with Crippen molar-refractivity contribution >= 4 is 27.7 Å². The highest BCUT2D eigenvalue weighted by molar-refractivity contribution is 7.88. The van der Waals surface area contributed by atoms with Gasteiger partial charge >= 0.3 is 0 Å². The van der Waals surface area contributed by atoms with Crippen molar-refractivity contribution in [1.82, 2.24) is 19.8 Å². The first-order valence-corrected chi connectivity index (χ1v) is 11.8. The van der Waals surface area contributed by atoms with E-state index in [-0.39, 0.29) is 37.4 Å². The molecule has 3 aliphatic heterocycles. The quantitative estimate of drug-likeness (QED) is 0.445. The number of hydrogen-bond acceptors (Lipinski definition) is 5. The monoisotopic (exact) mass is 416 g/mol. The molecule has 3 aliphatic rings. The predicted octanol–water partition coefficient (Wildman–Crippen LogP) is -3.17. The zero-order valence-electron chi connectivity index (χ0n) is 16.2. The van der Waals surface area contributed by atoms with Crippen LogP contribution in [0.1, 0.15) is 25.7 Å². The lowest BCUT2D eigenvalue weighted by atomic mass is 9.95. The van der Waals surface area contributed by atoms with E-state index in [1.54, 1.807) is 0 Å². The maximum Gasteiger partial charge on any atom is 0.244 e. The summed E-state index contributed by atoms with van der Waals surface area (Å²) in [6.07, 6.45) is 3.91. The lowest BCUT2D eigenvalue weighted by Crippen LogP contribution is -2.86. The topological polar surface area (TPSA) is 132 Å². The minimum absolute atomic E-state index is 0.0798. The second-order valence-corrected chi connectivity index (χ2v) is 9.79. The predicted molar refractivity (Wildman–Crippen MR) is 100 cm³/mol. The fourth-order valence-corrected chi connectivity index (χ4v) is 4.96. The lowest BCUT2D eigenvalue weighted by Gasteiger charge is -2.41. The van der Waals surface area contributed by atoms with Crippen molar-refractivity contribution in [2.24, 2.45) is 5.92 Å². The van der Waals surface area contributed by atoms with Gasteiger partial charge in [-0.25, -0.2) is 8.42 Å². The zero-order chi connectivity index (χ0) is 20.3. The summed E-state index contributed by atoms with van der Waals surface area (Å²) in [6.45, 7) is 2.61.